The van der Waals surface area contributed by atoms with Crippen LogP contribution in [0.5, 0.6) is 0 Å². The lowest BCUT2D eigenvalue weighted by Gasteiger charge is -2.29. The second kappa shape index (κ2) is 8.32. The summed E-state index contributed by atoms with van der Waals surface area (Å²) < 4.78 is 0. The molecular weight excluding hydrogens is 336 g/mol. The van der Waals surface area contributed by atoms with Gasteiger partial charge < -0.3 is 15.5 Å². The van der Waals surface area contributed by atoms with Crippen LogP contribution in [-0.2, 0) is 6.42 Å². The minimum Gasteiger partial charge on any atom is -0.353 e. The van der Waals surface area contributed by atoms with E-state index in [0.29, 0.717) is 16.3 Å². The first kappa shape index (κ1) is 17.7. The second-order valence-corrected chi connectivity index (χ2v) is 6.57. The van der Waals surface area contributed by atoms with Gasteiger partial charge in [-0.05, 0) is 30.2 Å². The van der Waals surface area contributed by atoms with Gasteiger partial charge in [0.15, 0.2) is 0 Å². The Labute approximate surface area is 153 Å². The third-order valence-corrected chi connectivity index (χ3v) is 4.53. The normalized spacial score (nSPS) is 14.4. The number of piperazine rings is 1. The predicted molar refractivity (Wildman–Crippen MR) is 103 cm³/mol. The van der Waals surface area contributed by atoms with Crippen molar-refractivity contribution >= 4 is 29.0 Å². The van der Waals surface area contributed by atoms with Crippen LogP contribution < -0.4 is 15.5 Å². The zero-order valence-corrected chi connectivity index (χ0v) is 15.1. The van der Waals surface area contributed by atoms with Crippen molar-refractivity contribution in [1.82, 2.24) is 10.3 Å². The van der Waals surface area contributed by atoms with E-state index in [-0.39, 0.29) is 5.91 Å². The molecular formula is C19H23ClN4O. The predicted octanol–water partition coefficient (Wildman–Crippen LogP) is 3.35. The SMILES string of the molecule is CCCc1ccc(C(=O)Nc2cnc(N3CCNCC3)c(Cl)c2)cc1. The van der Waals surface area contributed by atoms with Crippen LogP contribution in [-0.4, -0.2) is 37.1 Å². The summed E-state index contributed by atoms with van der Waals surface area (Å²) in [6.45, 7) is 5.74. The number of hydrogen-bond acceptors (Lipinski definition) is 4. The van der Waals surface area contributed by atoms with Gasteiger partial charge in [0.1, 0.15) is 5.82 Å². The zero-order valence-electron chi connectivity index (χ0n) is 14.4. The molecule has 1 fully saturated rings. The molecule has 0 saturated carbocycles. The van der Waals surface area contributed by atoms with Gasteiger partial charge in [0.25, 0.3) is 5.91 Å². The average Bonchev–Trinajstić information content (AvgIpc) is 2.63. The van der Waals surface area contributed by atoms with Crippen LogP contribution in [0.3, 0.4) is 0 Å². The van der Waals surface area contributed by atoms with Crippen molar-refractivity contribution in [2.75, 3.05) is 36.4 Å². The number of pyridine rings is 1. The van der Waals surface area contributed by atoms with E-state index in [9.17, 15) is 4.79 Å². The highest BCUT2D eigenvalue weighted by Gasteiger charge is 2.16. The van der Waals surface area contributed by atoms with Crippen LogP contribution in [0.15, 0.2) is 36.5 Å². The van der Waals surface area contributed by atoms with E-state index in [1.807, 2.05) is 24.3 Å². The number of amides is 1. The summed E-state index contributed by atoms with van der Waals surface area (Å²) in [6, 6.07) is 9.46. The van der Waals surface area contributed by atoms with Gasteiger partial charge in [-0.3, -0.25) is 4.79 Å². The van der Waals surface area contributed by atoms with E-state index in [1.54, 1.807) is 12.3 Å². The summed E-state index contributed by atoms with van der Waals surface area (Å²) in [4.78, 5) is 19.0. The Bertz CT molecular complexity index is 727. The molecule has 2 aromatic rings. The molecule has 0 spiro atoms. The number of carbonyl (C=O) groups excluding carboxylic acids is 1. The van der Waals surface area contributed by atoms with E-state index in [2.05, 4.69) is 27.4 Å². The van der Waals surface area contributed by atoms with Gasteiger partial charge in [-0.15, -0.1) is 0 Å². The van der Waals surface area contributed by atoms with Crippen LogP contribution in [0.1, 0.15) is 29.3 Å². The largest absolute Gasteiger partial charge is 0.353 e. The van der Waals surface area contributed by atoms with Crippen molar-refractivity contribution in [1.29, 1.82) is 0 Å². The molecule has 25 heavy (non-hydrogen) atoms. The Hall–Kier alpha value is -2.11. The summed E-state index contributed by atoms with van der Waals surface area (Å²) in [5.74, 6) is 0.612. The molecule has 0 atom stereocenters. The molecule has 6 heteroatoms. The van der Waals surface area contributed by atoms with Crippen LogP contribution >= 0.6 is 11.6 Å². The first-order valence-corrected chi connectivity index (χ1v) is 9.06. The maximum atomic E-state index is 12.4. The molecule has 1 aromatic carbocycles. The van der Waals surface area contributed by atoms with Crippen LogP contribution in [0.2, 0.25) is 5.02 Å². The first-order chi connectivity index (χ1) is 12.2. The molecule has 0 radical (unpaired) electrons. The Morgan fingerprint density at radius 1 is 1.28 bits per heavy atom. The molecule has 1 aromatic heterocycles. The van der Waals surface area contributed by atoms with E-state index >= 15 is 0 Å². The summed E-state index contributed by atoms with van der Waals surface area (Å²) in [5.41, 5.74) is 2.47. The Morgan fingerprint density at radius 3 is 2.64 bits per heavy atom. The Balaban J connectivity index is 1.67. The topological polar surface area (TPSA) is 57.3 Å². The minimum atomic E-state index is -0.157. The fourth-order valence-electron chi connectivity index (χ4n) is 2.92. The lowest BCUT2D eigenvalue weighted by molar-refractivity contribution is 0.102. The van der Waals surface area contributed by atoms with E-state index in [1.165, 1.54) is 5.56 Å². The van der Waals surface area contributed by atoms with Gasteiger partial charge in [-0.25, -0.2) is 4.98 Å². The number of rotatable bonds is 5. The van der Waals surface area contributed by atoms with E-state index in [4.69, 9.17) is 11.6 Å². The molecule has 2 heterocycles. The highest BCUT2D eigenvalue weighted by Crippen LogP contribution is 2.26. The smallest absolute Gasteiger partial charge is 0.255 e. The Kier molecular flexibility index (Phi) is 5.89. The molecule has 1 amide bonds. The molecule has 132 valence electrons. The van der Waals surface area contributed by atoms with Gasteiger partial charge in [-0.2, -0.15) is 0 Å². The summed E-state index contributed by atoms with van der Waals surface area (Å²) in [6.07, 6.45) is 3.77. The third-order valence-electron chi connectivity index (χ3n) is 4.25. The van der Waals surface area contributed by atoms with Crippen molar-refractivity contribution in [3.8, 4) is 0 Å². The number of benzene rings is 1. The standard InChI is InChI=1S/C19H23ClN4O/c1-2-3-14-4-6-15(7-5-14)19(25)23-16-12-17(20)18(22-13-16)24-10-8-21-9-11-24/h4-7,12-13,21H,2-3,8-11H2,1H3,(H,23,25). The van der Waals surface area contributed by atoms with Crippen molar-refractivity contribution in [2.45, 2.75) is 19.8 Å². The quantitative estimate of drug-likeness (QED) is 0.860. The lowest BCUT2D eigenvalue weighted by atomic mass is 10.1. The van der Waals surface area contributed by atoms with Crippen molar-refractivity contribution in [2.24, 2.45) is 0 Å². The number of carbonyl (C=O) groups is 1. The first-order valence-electron chi connectivity index (χ1n) is 8.69. The van der Waals surface area contributed by atoms with Gasteiger partial charge in [0.2, 0.25) is 0 Å². The molecule has 1 aliphatic heterocycles. The molecule has 3 rings (SSSR count). The molecule has 0 aliphatic carbocycles. The third kappa shape index (κ3) is 4.50. The average molecular weight is 359 g/mol. The molecule has 1 saturated heterocycles. The van der Waals surface area contributed by atoms with Gasteiger partial charge in [0, 0.05) is 31.7 Å². The number of nitrogens with zero attached hydrogens (tertiary/aromatic N) is 2. The number of halogens is 1. The lowest BCUT2D eigenvalue weighted by Crippen LogP contribution is -2.44. The summed E-state index contributed by atoms with van der Waals surface area (Å²) in [5, 5.41) is 6.72. The van der Waals surface area contributed by atoms with E-state index < -0.39 is 0 Å². The number of aromatic nitrogens is 1. The second-order valence-electron chi connectivity index (χ2n) is 6.17. The molecule has 0 bridgehead atoms. The van der Waals surface area contributed by atoms with Crippen molar-refractivity contribution < 1.29 is 4.79 Å². The molecule has 5 nitrogen and oxygen atoms in total. The number of nitrogens with one attached hydrogen (secondary N) is 2. The van der Waals surface area contributed by atoms with Crippen LogP contribution in [0.25, 0.3) is 0 Å². The maximum Gasteiger partial charge on any atom is 0.255 e. The summed E-state index contributed by atoms with van der Waals surface area (Å²) >= 11 is 6.37. The fraction of sp³-hybridized carbons (Fsp3) is 0.368. The van der Waals surface area contributed by atoms with Crippen LogP contribution in [0.4, 0.5) is 11.5 Å². The van der Waals surface area contributed by atoms with Crippen LogP contribution in [0, 0.1) is 0 Å². The van der Waals surface area contributed by atoms with Gasteiger partial charge in [-0.1, -0.05) is 37.1 Å². The van der Waals surface area contributed by atoms with Gasteiger partial charge >= 0.3 is 0 Å². The highest BCUT2D eigenvalue weighted by atomic mass is 35.5. The highest BCUT2D eigenvalue weighted by molar-refractivity contribution is 6.33. The Morgan fingerprint density at radius 2 is 2.00 bits per heavy atom. The van der Waals surface area contributed by atoms with Crippen molar-refractivity contribution in [3.63, 3.8) is 0 Å². The fourth-order valence-corrected chi connectivity index (χ4v) is 3.21. The maximum absolute atomic E-state index is 12.4. The zero-order chi connectivity index (χ0) is 17.6. The number of hydrogen-bond donors (Lipinski definition) is 2. The van der Waals surface area contributed by atoms with Gasteiger partial charge in [0.05, 0.1) is 16.9 Å². The molecule has 2 N–H and O–H groups in total. The molecule has 0 unspecified atom stereocenters. The summed E-state index contributed by atoms with van der Waals surface area (Å²) in [7, 11) is 0. The molecule has 1 aliphatic rings. The monoisotopic (exact) mass is 358 g/mol. The number of anilines is 2. The number of aryl methyl sites for hydroxylation is 1. The van der Waals surface area contributed by atoms with E-state index in [0.717, 1.165) is 44.8 Å². The minimum absolute atomic E-state index is 0.157. The van der Waals surface area contributed by atoms with Crippen molar-refractivity contribution in [3.05, 3.63) is 52.7 Å².